The molecule has 64 valence electrons. The molecule has 4 heteroatoms. The molecule has 1 aromatic heterocycles. The van der Waals surface area contributed by atoms with Crippen molar-refractivity contribution in [2.75, 3.05) is 7.05 Å². The van der Waals surface area contributed by atoms with Gasteiger partial charge in [0.1, 0.15) is 6.04 Å². The second-order valence-corrected chi connectivity index (χ2v) is 3.11. The summed E-state index contributed by atoms with van der Waals surface area (Å²) < 4.78 is 3.87. The van der Waals surface area contributed by atoms with Crippen LogP contribution in [0.15, 0.2) is 0 Å². The summed E-state index contributed by atoms with van der Waals surface area (Å²) >= 11 is 1.37. The number of aryl methyl sites for hydroxylation is 1. The third-order valence-electron chi connectivity index (χ3n) is 1.64. The number of aromatic nitrogens is 2. The van der Waals surface area contributed by atoms with Crippen molar-refractivity contribution in [3.05, 3.63) is 10.6 Å². The summed E-state index contributed by atoms with van der Waals surface area (Å²) in [6, 6.07) is -0.0417. The quantitative estimate of drug-likeness (QED) is 0.707. The zero-order valence-electron chi connectivity index (χ0n) is 7.16. The monoisotopic (exact) mass is 181 g/mol. The molecule has 0 saturated heterocycles. The van der Waals surface area contributed by atoms with Crippen molar-refractivity contribution in [3.8, 4) is 12.3 Å². The molecule has 0 fully saturated rings. The molecule has 0 amide bonds. The van der Waals surface area contributed by atoms with Crippen molar-refractivity contribution in [3.63, 3.8) is 0 Å². The maximum absolute atomic E-state index is 5.34. The molecule has 0 aromatic carbocycles. The van der Waals surface area contributed by atoms with Gasteiger partial charge in [-0.3, -0.25) is 0 Å². The third-order valence-corrected chi connectivity index (χ3v) is 2.47. The van der Waals surface area contributed by atoms with Gasteiger partial charge < -0.3 is 5.32 Å². The molecule has 0 aliphatic heterocycles. The molecule has 1 aromatic rings. The summed E-state index contributed by atoms with van der Waals surface area (Å²) in [7, 11) is 1.84. The fourth-order valence-electron chi connectivity index (χ4n) is 0.970. The van der Waals surface area contributed by atoms with Crippen LogP contribution in [0, 0.1) is 12.3 Å². The Morgan fingerprint density at radius 1 is 1.75 bits per heavy atom. The van der Waals surface area contributed by atoms with Crippen LogP contribution in [0.2, 0.25) is 0 Å². The molecule has 3 nitrogen and oxygen atoms in total. The largest absolute Gasteiger partial charge is 0.302 e. The second-order valence-electron chi connectivity index (χ2n) is 2.33. The van der Waals surface area contributed by atoms with Crippen LogP contribution in [-0.4, -0.2) is 16.6 Å². The number of terminal acetylenes is 1. The zero-order chi connectivity index (χ0) is 8.97. The van der Waals surface area contributed by atoms with E-state index in [1.54, 1.807) is 0 Å². The Hall–Kier alpha value is -0.920. The SMILES string of the molecule is C#CC(NC)c1snnc1CC. The molecule has 1 unspecified atom stereocenters. The van der Waals surface area contributed by atoms with E-state index in [0.717, 1.165) is 17.0 Å². The van der Waals surface area contributed by atoms with Crippen molar-refractivity contribution >= 4 is 11.5 Å². The molecule has 0 aliphatic rings. The molecular formula is C8H11N3S. The Morgan fingerprint density at radius 3 is 3.00 bits per heavy atom. The predicted octanol–water partition coefficient (Wildman–Crippen LogP) is 0.994. The summed E-state index contributed by atoms with van der Waals surface area (Å²) in [4.78, 5) is 1.06. The van der Waals surface area contributed by atoms with Crippen LogP contribution < -0.4 is 5.32 Å². The fraction of sp³-hybridized carbons (Fsp3) is 0.500. The van der Waals surface area contributed by atoms with Gasteiger partial charge in [0.15, 0.2) is 0 Å². The molecule has 0 saturated carbocycles. The van der Waals surface area contributed by atoms with Crippen LogP contribution in [0.1, 0.15) is 23.5 Å². The maximum Gasteiger partial charge on any atom is 0.107 e. The minimum atomic E-state index is -0.0417. The maximum atomic E-state index is 5.34. The summed E-state index contributed by atoms with van der Waals surface area (Å²) in [6.45, 7) is 2.05. The van der Waals surface area contributed by atoms with Crippen molar-refractivity contribution in [2.24, 2.45) is 0 Å². The topological polar surface area (TPSA) is 37.8 Å². The van der Waals surface area contributed by atoms with Crippen molar-refractivity contribution in [1.82, 2.24) is 14.9 Å². The molecule has 0 aliphatic carbocycles. The highest BCUT2D eigenvalue weighted by molar-refractivity contribution is 7.05. The van der Waals surface area contributed by atoms with E-state index in [4.69, 9.17) is 6.42 Å². The van der Waals surface area contributed by atoms with Gasteiger partial charge in [-0.1, -0.05) is 17.3 Å². The molecule has 1 rings (SSSR count). The van der Waals surface area contributed by atoms with Gasteiger partial charge in [-0.25, -0.2) is 0 Å². The van der Waals surface area contributed by atoms with Crippen molar-refractivity contribution in [1.29, 1.82) is 0 Å². The Labute approximate surface area is 76.4 Å². The molecule has 1 atom stereocenters. The second kappa shape index (κ2) is 4.19. The number of hydrogen-bond donors (Lipinski definition) is 1. The van der Waals surface area contributed by atoms with Crippen LogP contribution >= 0.6 is 11.5 Å². The smallest absolute Gasteiger partial charge is 0.107 e. The summed E-state index contributed by atoms with van der Waals surface area (Å²) in [5.74, 6) is 2.65. The van der Waals surface area contributed by atoms with E-state index in [-0.39, 0.29) is 6.04 Å². The first kappa shape index (κ1) is 9.17. The third kappa shape index (κ3) is 1.63. The summed E-state index contributed by atoms with van der Waals surface area (Å²) in [5.41, 5.74) is 0.998. The Balaban J connectivity index is 2.93. The van der Waals surface area contributed by atoms with E-state index in [9.17, 15) is 0 Å². The van der Waals surface area contributed by atoms with Crippen LogP contribution in [0.25, 0.3) is 0 Å². The van der Waals surface area contributed by atoms with Gasteiger partial charge in [-0.15, -0.1) is 11.5 Å². The molecule has 1 N–H and O–H groups in total. The first-order valence-corrected chi connectivity index (χ1v) is 4.55. The van der Waals surface area contributed by atoms with Crippen LogP contribution in [-0.2, 0) is 6.42 Å². The van der Waals surface area contributed by atoms with Gasteiger partial charge >= 0.3 is 0 Å². The molecule has 0 spiro atoms. The first-order chi connectivity index (χ1) is 5.83. The van der Waals surface area contributed by atoms with Gasteiger partial charge in [-0.2, -0.15) is 0 Å². The number of rotatable bonds is 3. The van der Waals surface area contributed by atoms with E-state index >= 15 is 0 Å². The van der Waals surface area contributed by atoms with Crippen LogP contribution in [0.4, 0.5) is 0 Å². The fourth-order valence-corrected chi connectivity index (χ4v) is 1.78. The Kier molecular flexibility index (Phi) is 3.20. The first-order valence-electron chi connectivity index (χ1n) is 3.78. The van der Waals surface area contributed by atoms with Gasteiger partial charge in [0.2, 0.25) is 0 Å². The Morgan fingerprint density at radius 2 is 2.50 bits per heavy atom. The van der Waals surface area contributed by atoms with Crippen LogP contribution in [0.5, 0.6) is 0 Å². The number of hydrogen-bond acceptors (Lipinski definition) is 4. The van der Waals surface area contributed by atoms with Gasteiger partial charge in [-0.05, 0) is 25.0 Å². The minimum Gasteiger partial charge on any atom is -0.302 e. The van der Waals surface area contributed by atoms with Crippen molar-refractivity contribution < 1.29 is 0 Å². The van der Waals surface area contributed by atoms with E-state index in [0.29, 0.717) is 0 Å². The molecule has 0 bridgehead atoms. The molecular weight excluding hydrogens is 170 g/mol. The van der Waals surface area contributed by atoms with E-state index in [1.165, 1.54) is 11.5 Å². The van der Waals surface area contributed by atoms with Crippen LogP contribution in [0.3, 0.4) is 0 Å². The number of nitrogens with zero attached hydrogens (tertiary/aromatic N) is 2. The highest BCUT2D eigenvalue weighted by Gasteiger charge is 2.13. The number of nitrogens with one attached hydrogen (secondary N) is 1. The van der Waals surface area contributed by atoms with Crippen molar-refractivity contribution in [2.45, 2.75) is 19.4 Å². The lowest BCUT2D eigenvalue weighted by molar-refractivity contribution is 0.736. The summed E-state index contributed by atoms with van der Waals surface area (Å²) in [5, 5.41) is 7.01. The molecule has 0 radical (unpaired) electrons. The lowest BCUT2D eigenvalue weighted by atomic mass is 10.2. The minimum absolute atomic E-state index is 0.0417. The lowest BCUT2D eigenvalue weighted by Crippen LogP contribution is -2.14. The highest BCUT2D eigenvalue weighted by Crippen LogP contribution is 2.19. The Bertz CT molecular complexity index is 287. The summed E-state index contributed by atoms with van der Waals surface area (Å²) in [6.07, 6.45) is 6.22. The van der Waals surface area contributed by atoms with Gasteiger partial charge in [0, 0.05) is 0 Å². The lowest BCUT2D eigenvalue weighted by Gasteiger charge is -2.06. The molecule has 1 heterocycles. The molecule has 12 heavy (non-hydrogen) atoms. The normalized spacial score (nSPS) is 12.4. The van der Waals surface area contributed by atoms with Gasteiger partial charge in [0.25, 0.3) is 0 Å². The average molecular weight is 181 g/mol. The highest BCUT2D eigenvalue weighted by atomic mass is 32.1. The van der Waals surface area contributed by atoms with E-state index in [1.807, 2.05) is 14.0 Å². The van der Waals surface area contributed by atoms with Gasteiger partial charge in [0.05, 0.1) is 10.6 Å². The standard InChI is InChI=1S/C8H11N3S/c1-4-6(9-3)8-7(5-2)10-11-12-8/h1,6,9H,5H2,2-3H3. The van der Waals surface area contributed by atoms with E-state index < -0.39 is 0 Å². The average Bonchev–Trinajstić information content (AvgIpc) is 2.55. The van der Waals surface area contributed by atoms with E-state index in [2.05, 4.69) is 20.8 Å². The predicted molar refractivity (Wildman–Crippen MR) is 49.9 cm³/mol. The zero-order valence-corrected chi connectivity index (χ0v) is 7.98.